The molecule has 1 aliphatic rings. The molecule has 0 spiro atoms. The minimum absolute atomic E-state index is 0.303. The number of hydrogen-bond acceptors (Lipinski definition) is 4. The summed E-state index contributed by atoms with van der Waals surface area (Å²) in [6.07, 6.45) is 8.55. The average molecular weight is 367 g/mol. The number of aliphatic carboxylic acids is 1. The van der Waals surface area contributed by atoms with Gasteiger partial charge in [0.25, 0.3) is 0 Å². The van der Waals surface area contributed by atoms with Crippen LogP contribution in [-0.2, 0) is 4.79 Å². The summed E-state index contributed by atoms with van der Waals surface area (Å²) in [4.78, 5) is 19.0. The molecule has 0 saturated heterocycles. The number of rotatable bonds is 9. The van der Waals surface area contributed by atoms with E-state index < -0.39 is 5.97 Å². The molecule has 0 atom stereocenters. The summed E-state index contributed by atoms with van der Waals surface area (Å²) >= 11 is 0. The molecule has 0 amide bonds. The first-order valence-corrected chi connectivity index (χ1v) is 9.59. The van der Waals surface area contributed by atoms with Crippen molar-refractivity contribution >= 4 is 17.6 Å². The van der Waals surface area contributed by atoms with Gasteiger partial charge in [-0.1, -0.05) is 30.7 Å². The van der Waals surface area contributed by atoms with Crippen LogP contribution in [0.2, 0.25) is 0 Å². The standard InChI is InChI=1S/C14H15N3.C8H14O2/c1-10-9-13(11-7-8-11)17-14(15-10)16-12-5-3-2-4-6-12;1-2-3-4-5-6-7-8(9)10/h2-6,9,11H,7-8H2,1H3,(H,15,16,17);2H,1,3-7H2,(H,9,10). The lowest BCUT2D eigenvalue weighted by molar-refractivity contribution is -0.137. The third-order valence-corrected chi connectivity index (χ3v) is 4.20. The van der Waals surface area contributed by atoms with Crippen molar-refractivity contribution in [2.75, 3.05) is 5.32 Å². The van der Waals surface area contributed by atoms with Gasteiger partial charge in [0.2, 0.25) is 5.95 Å². The Morgan fingerprint density at radius 1 is 1.22 bits per heavy atom. The zero-order valence-electron chi connectivity index (χ0n) is 16.0. The molecule has 1 aliphatic carbocycles. The Bertz CT molecular complexity index is 728. The van der Waals surface area contributed by atoms with Crippen LogP contribution in [0.15, 0.2) is 49.1 Å². The lowest BCUT2D eigenvalue weighted by Gasteiger charge is -2.07. The third-order valence-electron chi connectivity index (χ3n) is 4.20. The average Bonchev–Trinajstić information content (AvgIpc) is 3.47. The lowest BCUT2D eigenvalue weighted by Crippen LogP contribution is -2.01. The molecule has 27 heavy (non-hydrogen) atoms. The van der Waals surface area contributed by atoms with Gasteiger partial charge in [0.1, 0.15) is 0 Å². The van der Waals surface area contributed by atoms with E-state index in [1.54, 1.807) is 0 Å². The van der Waals surface area contributed by atoms with Crippen molar-refractivity contribution in [1.29, 1.82) is 0 Å². The number of unbranched alkanes of at least 4 members (excludes halogenated alkanes) is 3. The van der Waals surface area contributed by atoms with Crippen LogP contribution in [0.4, 0.5) is 11.6 Å². The molecule has 0 radical (unpaired) electrons. The van der Waals surface area contributed by atoms with Crippen LogP contribution in [0.3, 0.4) is 0 Å². The molecule has 144 valence electrons. The summed E-state index contributed by atoms with van der Waals surface area (Å²) in [5, 5.41) is 11.5. The molecule has 0 unspecified atom stereocenters. The SMILES string of the molecule is C=CCCCCCC(=O)O.Cc1cc(C2CC2)nc(Nc2ccccc2)n1. The van der Waals surface area contributed by atoms with E-state index in [0.29, 0.717) is 18.3 Å². The summed E-state index contributed by atoms with van der Waals surface area (Å²) in [5.74, 6) is 0.671. The van der Waals surface area contributed by atoms with Gasteiger partial charge in [0, 0.05) is 29.4 Å². The number of benzene rings is 1. The second-order valence-corrected chi connectivity index (χ2v) is 6.80. The Morgan fingerprint density at radius 2 is 1.96 bits per heavy atom. The van der Waals surface area contributed by atoms with Gasteiger partial charge >= 0.3 is 5.97 Å². The first-order valence-electron chi connectivity index (χ1n) is 9.59. The van der Waals surface area contributed by atoms with E-state index in [1.165, 1.54) is 18.5 Å². The van der Waals surface area contributed by atoms with Gasteiger partial charge < -0.3 is 10.4 Å². The van der Waals surface area contributed by atoms with Crippen LogP contribution in [-0.4, -0.2) is 21.0 Å². The van der Waals surface area contributed by atoms with Crippen LogP contribution in [0, 0.1) is 6.92 Å². The second-order valence-electron chi connectivity index (χ2n) is 6.80. The number of anilines is 2. The molecule has 5 heteroatoms. The molecular weight excluding hydrogens is 338 g/mol. The maximum atomic E-state index is 10.0. The van der Waals surface area contributed by atoms with Gasteiger partial charge in [-0.25, -0.2) is 9.97 Å². The fourth-order valence-corrected chi connectivity index (χ4v) is 2.63. The van der Waals surface area contributed by atoms with Crippen molar-refractivity contribution in [3.8, 4) is 0 Å². The summed E-state index contributed by atoms with van der Waals surface area (Å²) in [7, 11) is 0. The predicted octanol–water partition coefficient (Wildman–Crippen LogP) is 5.61. The molecule has 0 bridgehead atoms. The molecule has 5 nitrogen and oxygen atoms in total. The van der Waals surface area contributed by atoms with Crippen molar-refractivity contribution in [2.45, 2.75) is 57.8 Å². The predicted molar refractivity (Wildman–Crippen MR) is 109 cm³/mol. The van der Waals surface area contributed by atoms with Crippen molar-refractivity contribution in [3.05, 3.63) is 60.4 Å². The number of allylic oxidation sites excluding steroid dienone is 1. The molecule has 1 saturated carbocycles. The highest BCUT2D eigenvalue weighted by Gasteiger charge is 2.25. The number of aryl methyl sites for hydroxylation is 1. The Labute approximate surface area is 161 Å². The van der Waals surface area contributed by atoms with E-state index in [-0.39, 0.29) is 0 Å². The summed E-state index contributed by atoms with van der Waals surface area (Å²) in [5.41, 5.74) is 3.23. The van der Waals surface area contributed by atoms with Crippen molar-refractivity contribution in [2.24, 2.45) is 0 Å². The van der Waals surface area contributed by atoms with Crippen LogP contribution in [0.5, 0.6) is 0 Å². The highest BCUT2D eigenvalue weighted by atomic mass is 16.4. The minimum Gasteiger partial charge on any atom is -0.481 e. The first kappa shape index (κ1) is 20.6. The van der Waals surface area contributed by atoms with Crippen molar-refractivity contribution in [3.63, 3.8) is 0 Å². The number of carbonyl (C=O) groups is 1. The number of hydrogen-bond donors (Lipinski definition) is 2. The largest absolute Gasteiger partial charge is 0.481 e. The molecule has 0 aliphatic heterocycles. The normalized spacial score (nSPS) is 12.6. The third kappa shape index (κ3) is 8.49. The number of carboxylic acids is 1. The van der Waals surface area contributed by atoms with E-state index in [0.717, 1.165) is 37.1 Å². The monoisotopic (exact) mass is 367 g/mol. The van der Waals surface area contributed by atoms with Crippen LogP contribution in [0.1, 0.15) is 62.3 Å². The maximum absolute atomic E-state index is 10.0. The highest BCUT2D eigenvalue weighted by molar-refractivity contribution is 5.66. The Kier molecular flexibility index (Phi) is 8.49. The zero-order valence-corrected chi connectivity index (χ0v) is 16.0. The smallest absolute Gasteiger partial charge is 0.303 e. The fraction of sp³-hybridized carbons (Fsp3) is 0.409. The number of nitrogens with one attached hydrogen (secondary N) is 1. The Hall–Kier alpha value is -2.69. The molecular formula is C22H29N3O2. The summed E-state index contributed by atoms with van der Waals surface area (Å²) in [6.45, 7) is 5.59. The van der Waals surface area contributed by atoms with E-state index in [4.69, 9.17) is 5.11 Å². The topological polar surface area (TPSA) is 75.1 Å². The van der Waals surface area contributed by atoms with Gasteiger partial charge in [-0.2, -0.15) is 0 Å². The van der Waals surface area contributed by atoms with Crippen LogP contribution >= 0.6 is 0 Å². The number of aromatic nitrogens is 2. The number of nitrogens with zero attached hydrogens (tertiary/aromatic N) is 2. The van der Waals surface area contributed by atoms with Gasteiger partial charge in [0.05, 0.1) is 0 Å². The van der Waals surface area contributed by atoms with Gasteiger partial charge in [-0.05, 0) is 57.2 Å². The van der Waals surface area contributed by atoms with Gasteiger partial charge in [-0.3, -0.25) is 4.79 Å². The fourth-order valence-electron chi connectivity index (χ4n) is 2.63. The molecule has 1 aromatic carbocycles. The number of carboxylic acid groups (broad SMARTS) is 1. The second kappa shape index (κ2) is 11.1. The van der Waals surface area contributed by atoms with E-state index in [9.17, 15) is 4.79 Å². The summed E-state index contributed by atoms with van der Waals surface area (Å²) < 4.78 is 0. The van der Waals surface area contributed by atoms with Crippen LogP contribution in [0.25, 0.3) is 0 Å². The molecule has 1 aromatic heterocycles. The van der Waals surface area contributed by atoms with Crippen molar-refractivity contribution in [1.82, 2.24) is 9.97 Å². The molecule has 2 N–H and O–H groups in total. The van der Waals surface area contributed by atoms with Crippen molar-refractivity contribution < 1.29 is 9.90 Å². The zero-order chi connectivity index (χ0) is 19.5. The highest BCUT2D eigenvalue weighted by Crippen LogP contribution is 2.39. The molecule has 3 rings (SSSR count). The number of para-hydroxylation sites is 1. The minimum atomic E-state index is -0.696. The van der Waals surface area contributed by atoms with E-state index in [2.05, 4.69) is 27.9 Å². The lowest BCUT2D eigenvalue weighted by atomic mass is 10.1. The quantitative estimate of drug-likeness (QED) is 0.445. The van der Waals surface area contributed by atoms with Gasteiger partial charge in [0.15, 0.2) is 0 Å². The molecule has 1 fully saturated rings. The van der Waals surface area contributed by atoms with Gasteiger partial charge in [-0.15, -0.1) is 6.58 Å². The Balaban J connectivity index is 0.000000227. The summed E-state index contributed by atoms with van der Waals surface area (Å²) in [6, 6.07) is 12.1. The molecule has 2 aromatic rings. The first-order chi connectivity index (χ1) is 13.1. The van der Waals surface area contributed by atoms with E-state index >= 15 is 0 Å². The Morgan fingerprint density at radius 3 is 2.59 bits per heavy atom. The van der Waals surface area contributed by atoms with E-state index in [1.807, 2.05) is 43.3 Å². The molecule has 1 heterocycles. The van der Waals surface area contributed by atoms with Crippen LogP contribution < -0.4 is 5.32 Å². The maximum Gasteiger partial charge on any atom is 0.303 e.